The molecule has 1 fully saturated rings. The molecular formula is C24H30F2N4O2. The van der Waals surface area contributed by atoms with Gasteiger partial charge in [0.2, 0.25) is 5.91 Å². The van der Waals surface area contributed by atoms with Crippen LogP contribution in [0, 0.1) is 11.6 Å². The molecule has 1 aliphatic rings. The summed E-state index contributed by atoms with van der Waals surface area (Å²) in [5, 5.41) is 5.69. The van der Waals surface area contributed by atoms with Crippen LogP contribution < -0.4 is 10.6 Å². The fourth-order valence-electron chi connectivity index (χ4n) is 3.69. The lowest BCUT2D eigenvalue weighted by Crippen LogP contribution is -2.47. The molecule has 1 unspecified atom stereocenters. The highest BCUT2D eigenvalue weighted by Crippen LogP contribution is 2.16. The smallest absolute Gasteiger partial charge is 0.254 e. The zero-order valence-corrected chi connectivity index (χ0v) is 18.3. The highest BCUT2D eigenvalue weighted by Gasteiger charge is 2.21. The van der Waals surface area contributed by atoms with Crippen LogP contribution in [0.2, 0.25) is 0 Å². The average molecular weight is 445 g/mol. The maximum absolute atomic E-state index is 13.7. The van der Waals surface area contributed by atoms with Crippen LogP contribution in [0.15, 0.2) is 48.5 Å². The zero-order valence-electron chi connectivity index (χ0n) is 18.3. The van der Waals surface area contributed by atoms with Crippen molar-refractivity contribution in [1.29, 1.82) is 0 Å². The van der Waals surface area contributed by atoms with Gasteiger partial charge in [-0.05, 0) is 31.2 Å². The minimum Gasteiger partial charge on any atom is -0.352 e. The third-order valence-corrected chi connectivity index (χ3v) is 5.62. The molecular weight excluding hydrogens is 414 g/mol. The van der Waals surface area contributed by atoms with Gasteiger partial charge >= 0.3 is 0 Å². The van der Waals surface area contributed by atoms with Crippen LogP contribution in [0.25, 0.3) is 0 Å². The van der Waals surface area contributed by atoms with Gasteiger partial charge in [-0.1, -0.05) is 30.3 Å². The monoisotopic (exact) mass is 444 g/mol. The number of benzene rings is 2. The molecule has 1 aliphatic heterocycles. The van der Waals surface area contributed by atoms with Crippen molar-refractivity contribution in [2.24, 2.45) is 0 Å². The molecule has 1 saturated heterocycles. The summed E-state index contributed by atoms with van der Waals surface area (Å²) >= 11 is 0. The summed E-state index contributed by atoms with van der Waals surface area (Å²) in [6.07, 6.45) is 0.647. The fourth-order valence-corrected chi connectivity index (χ4v) is 3.69. The van der Waals surface area contributed by atoms with E-state index in [1.807, 2.05) is 30.3 Å². The van der Waals surface area contributed by atoms with Gasteiger partial charge in [0.25, 0.3) is 5.91 Å². The third-order valence-electron chi connectivity index (χ3n) is 5.62. The molecule has 32 heavy (non-hydrogen) atoms. The van der Waals surface area contributed by atoms with E-state index in [2.05, 4.69) is 27.5 Å². The number of hydrogen-bond acceptors (Lipinski definition) is 4. The van der Waals surface area contributed by atoms with Gasteiger partial charge in [-0.25, -0.2) is 8.78 Å². The van der Waals surface area contributed by atoms with Crippen molar-refractivity contribution >= 4 is 11.8 Å². The Balaban J connectivity index is 1.47. The molecule has 3 rings (SSSR count). The SMILES string of the molecule is CN1CCN(CC(NC(=O)CCCNC(=O)c2ccc(F)cc2F)c2ccccc2)CC1. The van der Waals surface area contributed by atoms with E-state index in [1.54, 1.807) is 0 Å². The molecule has 0 radical (unpaired) electrons. The number of carbonyl (C=O) groups is 2. The number of likely N-dealkylation sites (N-methyl/N-ethyl adjacent to an activating group) is 1. The molecule has 0 aliphatic carbocycles. The molecule has 0 aromatic heterocycles. The van der Waals surface area contributed by atoms with Crippen molar-refractivity contribution in [2.45, 2.75) is 18.9 Å². The molecule has 8 heteroatoms. The van der Waals surface area contributed by atoms with Crippen molar-refractivity contribution in [3.05, 3.63) is 71.3 Å². The molecule has 6 nitrogen and oxygen atoms in total. The van der Waals surface area contributed by atoms with Gasteiger partial charge < -0.3 is 15.5 Å². The van der Waals surface area contributed by atoms with Crippen LogP contribution in [-0.4, -0.2) is 67.9 Å². The van der Waals surface area contributed by atoms with E-state index < -0.39 is 17.5 Å². The van der Waals surface area contributed by atoms with E-state index in [4.69, 9.17) is 0 Å². The summed E-state index contributed by atoms with van der Waals surface area (Å²) in [4.78, 5) is 29.3. The number of hydrogen-bond donors (Lipinski definition) is 2. The first-order chi connectivity index (χ1) is 15.4. The molecule has 0 spiro atoms. The summed E-state index contributed by atoms with van der Waals surface area (Å²) < 4.78 is 26.7. The van der Waals surface area contributed by atoms with E-state index in [9.17, 15) is 18.4 Å². The second-order valence-electron chi connectivity index (χ2n) is 8.12. The Labute approximate surface area is 187 Å². The number of amides is 2. The predicted molar refractivity (Wildman–Crippen MR) is 119 cm³/mol. The number of nitrogens with one attached hydrogen (secondary N) is 2. The Morgan fingerprint density at radius 1 is 1.03 bits per heavy atom. The number of halogens is 2. The third kappa shape index (κ3) is 7.10. The number of carbonyl (C=O) groups excluding carboxylic acids is 2. The first kappa shape index (κ1) is 23.8. The molecule has 2 aromatic rings. The van der Waals surface area contributed by atoms with Gasteiger partial charge in [0.05, 0.1) is 11.6 Å². The normalized spacial score (nSPS) is 15.8. The Morgan fingerprint density at radius 3 is 2.44 bits per heavy atom. The van der Waals surface area contributed by atoms with Crippen molar-refractivity contribution in [2.75, 3.05) is 46.3 Å². The molecule has 172 valence electrons. The number of rotatable bonds is 9. The maximum Gasteiger partial charge on any atom is 0.254 e. The maximum atomic E-state index is 13.7. The van der Waals surface area contributed by atoms with Crippen LogP contribution >= 0.6 is 0 Å². The highest BCUT2D eigenvalue weighted by molar-refractivity contribution is 5.94. The van der Waals surface area contributed by atoms with E-state index in [0.717, 1.165) is 50.4 Å². The van der Waals surface area contributed by atoms with Gasteiger partial charge in [0, 0.05) is 51.8 Å². The fraction of sp³-hybridized carbons (Fsp3) is 0.417. The van der Waals surface area contributed by atoms with Crippen LogP contribution in [0.1, 0.15) is 34.8 Å². The van der Waals surface area contributed by atoms with Crippen molar-refractivity contribution in [1.82, 2.24) is 20.4 Å². The molecule has 0 bridgehead atoms. The lowest BCUT2D eigenvalue weighted by molar-refractivity contribution is -0.122. The lowest BCUT2D eigenvalue weighted by Gasteiger charge is -2.35. The highest BCUT2D eigenvalue weighted by atomic mass is 19.1. The molecule has 2 amide bonds. The molecule has 2 N–H and O–H groups in total. The van der Waals surface area contributed by atoms with Gasteiger partial charge in [0.15, 0.2) is 0 Å². The Hall–Kier alpha value is -2.84. The summed E-state index contributed by atoms with van der Waals surface area (Å²) in [7, 11) is 2.11. The summed E-state index contributed by atoms with van der Waals surface area (Å²) in [6.45, 7) is 4.89. The Bertz CT molecular complexity index is 902. The lowest BCUT2D eigenvalue weighted by atomic mass is 10.1. The molecule has 1 heterocycles. The predicted octanol–water partition coefficient (Wildman–Crippen LogP) is 2.58. The van der Waals surface area contributed by atoms with Gasteiger partial charge in [-0.2, -0.15) is 0 Å². The van der Waals surface area contributed by atoms with E-state index >= 15 is 0 Å². The molecule has 1 atom stereocenters. The molecule has 2 aromatic carbocycles. The topological polar surface area (TPSA) is 64.7 Å². The average Bonchev–Trinajstić information content (AvgIpc) is 2.78. The second kappa shape index (κ2) is 11.7. The standard InChI is InChI=1S/C24H30F2N4O2/c1-29-12-14-30(15-13-29)17-22(18-6-3-2-4-7-18)28-23(31)8-5-11-27-24(32)20-10-9-19(25)16-21(20)26/h2-4,6-7,9-10,16,22H,5,8,11-15,17H2,1H3,(H,27,32)(H,28,31). The van der Waals surface area contributed by atoms with Crippen LogP contribution in [-0.2, 0) is 4.79 Å². The van der Waals surface area contributed by atoms with Gasteiger partial charge in [0.1, 0.15) is 11.6 Å². The van der Waals surface area contributed by atoms with E-state index in [-0.39, 0.29) is 30.5 Å². The van der Waals surface area contributed by atoms with Crippen molar-refractivity contribution in [3.63, 3.8) is 0 Å². The zero-order chi connectivity index (χ0) is 22.9. The molecule has 0 saturated carbocycles. The first-order valence-electron chi connectivity index (χ1n) is 10.9. The Kier molecular flexibility index (Phi) is 8.70. The van der Waals surface area contributed by atoms with E-state index in [0.29, 0.717) is 12.5 Å². The van der Waals surface area contributed by atoms with Gasteiger partial charge in [-0.3, -0.25) is 14.5 Å². The summed E-state index contributed by atoms with van der Waals surface area (Å²) in [5.41, 5.74) is 0.840. The van der Waals surface area contributed by atoms with Crippen LogP contribution in [0.3, 0.4) is 0 Å². The minimum atomic E-state index is -0.908. The number of piperazine rings is 1. The van der Waals surface area contributed by atoms with Crippen LogP contribution in [0.4, 0.5) is 8.78 Å². The summed E-state index contributed by atoms with van der Waals surface area (Å²) in [5.74, 6) is -2.37. The second-order valence-corrected chi connectivity index (χ2v) is 8.12. The van der Waals surface area contributed by atoms with Crippen LogP contribution in [0.5, 0.6) is 0 Å². The Morgan fingerprint density at radius 2 is 1.75 bits per heavy atom. The first-order valence-corrected chi connectivity index (χ1v) is 10.9. The quantitative estimate of drug-likeness (QED) is 0.584. The number of nitrogens with zero attached hydrogens (tertiary/aromatic N) is 2. The van der Waals surface area contributed by atoms with Crippen molar-refractivity contribution < 1.29 is 18.4 Å². The van der Waals surface area contributed by atoms with Gasteiger partial charge in [-0.15, -0.1) is 0 Å². The largest absolute Gasteiger partial charge is 0.352 e. The van der Waals surface area contributed by atoms with Crippen molar-refractivity contribution in [3.8, 4) is 0 Å². The minimum absolute atomic E-state index is 0.102. The summed E-state index contributed by atoms with van der Waals surface area (Å²) in [6, 6.07) is 12.6. The van der Waals surface area contributed by atoms with E-state index in [1.165, 1.54) is 0 Å².